The topological polar surface area (TPSA) is 29.3 Å². The molecular formula is C12H13F5N2. The largest absolute Gasteiger partial charge is 0.330 e. The van der Waals surface area contributed by atoms with E-state index in [4.69, 9.17) is 5.73 Å². The van der Waals surface area contributed by atoms with Gasteiger partial charge in [-0.15, -0.1) is 0 Å². The van der Waals surface area contributed by atoms with Crippen LogP contribution in [0.3, 0.4) is 0 Å². The van der Waals surface area contributed by atoms with Crippen LogP contribution >= 0.6 is 0 Å². The quantitative estimate of drug-likeness (QED) is 0.522. The number of nitrogens with zero attached hydrogens (tertiary/aromatic N) is 1. The Balaban J connectivity index is 2.26. The Morgan fingerprint density at radius 2 is 1.47 bits per heavy atom. The molecule has 0 bridgehead atoms. The molecule has 2 N–H and O–H groups in total. The van der Waals surface area contributed by atoms with Crippen LogP contribution in [0.15, 0.2) is 0 Å². The zero-order valence-corrected chi connectivity index (χ0v) is 10.0. The smallest absolute Gasteiger partial charge is 0.200 e. The first-order valence-electron chi connectivity index (χ1n) is 5.88. The monoisotopic (exact) mass is 280 g/mol. The van der Waals surface area contributed by atoms with E-state index in [0.29, 0.717) is 19.6 Å². The summed E-state index contributed by atoms with van der Waals surface area (Å²) in [6.07, 6.45) is 0.756. The number of benzene rings is 1. The Bertz CT molecular complexity index is 462. The van der Waals surface area contributed by atoms with E-state index < -0.39 is 34.6 Å². The van der Waals surface area contributed by atoms with Gasteiger partial charge in [0.25, 0.3) is 0 Å². The Labute approximate surface area is 107 Å². The van der Waals surface area contributed by atoms with Gasteiger partial charge in [0.15, 0.2) is 23.3 Å². The fraction of sp³-hybridized carbons (Fsp3) is 0.500. The number of halogens is 5. The van der Waals surface area contributed by atoms with Crippen molar-refractivity contribution < 1.29 is 22.0 Å². The van der Waals surface area contributed by atoms with Crippen molar-refractivity contribution in [3.63, 3.8) is 0 Å². The highest BCUT2D eigenvalue weighted by atomic mass is 19.2. The van der Waals surface area contributed by atoms with E-state index in [1.807, 2.05) is 0 Å². The summed E-state index contributed by atoms with van der Waals surface area (Å²) < 4.78 is 65.8. The second-order valence-corrected chi connectivity index (χ2v) is 4.67. The standard InChI is InChI=1S/C12H13F5N2/c13-8-7(5-19-2-1-6(3-18)4-19)9(14)11(16)12(17)10(8)15/h6H,1-5,18H2. The van der Waals surface area contributed by atoms with Crippen LogP contribution in [0.1, 0.15) is 12.0 Å². The first-order valence-corrected chi connectivity index (χ1v) is 5.88. The predicted octanol–water partition coefficient (Wildman–Crippen LogP) is 2.16. The molecule has 1 aromatic carbocycles. The summed E-state index contributed by atoms with van der Waals surface area (Å²) in [5.41, 5.74) is 4.69. The summed E-state index contributed by atoms with van der Waals surface area (Å²) in [6, 6.07) is 0. The van der Waals surface area contributed by atoms with Crippen molar-refractivity contribution in [2.45, 2.75) is 13.0 Å². The van der Waals surface area contributed by atoms with Crippen LogP contribution in [0.25, 0.3) is 0 Å². The minimum atomic E-state index is -2.12. The van der Waals surface area contributed by atoms with Gasteiger partial charge < -0.3 is 5.73 Å². The molecule has 1 heterocycles. The number of likely N-dealkylation sites (tertiary alicyclic amines) is 1. The SMILES string of the molecule is NCC1CCN(Cc2c(F)c(F)c(F)c(F)c2F)C1. The van der Waals surface area contributed by atoms with Crippen molar-refractivity contribution in [2.75, 3.05) is 19.6 Å². The van der Waals surface area contributed by atoms with Crippen LogP contribution in [0.5, 0.6) is 0 Å². The van der Waals surface area contributed by atoms with E-state index >= 15 is 0 Å². The van der Waals surface area contributed by atoms with E-state index in [0.717, 1.165) is 6.42 Å². The van der Waals surface area contributed by atoms with Gasteiger partial charge in [0.05, 0.1) is 0 Å². The molecule has 19 heavy (non-hydrogen) atoms. The number of rotatable bonds is 3. The summed E-state index contributed by atoms with van der Waals surface area (Å²) in [7, 11) is 0. The molecule has 0 aliphatic carbocycles. The molecule has 1 fully saturated rings. The van der Waals surface area contributed by atoms with Crippen LogP contribution in [0.2, 0.25) is 0 Å². The van der Waals surface area contributed by atoms with Crippen molar-refractivity contribution in [3.8, 4) is 0 Å². The molecule has 0 saturated carbocycles. The summed E-state index contributed by atoms with van der Waals surface area (Å²) in [6.45, 7) is 1.16. The summed E-state index contributed by atoms with van der Waals surface area (Å²) in [5.74, 6) is -9.24. The number of hydrogen-bond acceptors (Lipinski definition) is 2. The lowest BCUT2D eigenvalue weighted by atomic mass is 10.1. The van der Waals surface area contributed by atoms with E-state index in [2.05, 4.69) is 0 Å². The predicted molar refractivity (Wildman–Crippen MR) is 58.7 cm³/mol. The van der Waals surface area contributed by atoms with Crippen molar-refractivity contribution >= 4 is 0 Å². The van der Waals surface area contributed by atoms with Gasteiger partial charge >= 0.3 is 0 Å². The third kappa shape index (κ3) is 2.57. The van der Waals surface area contributed by atoms with Crippen LogP contribution in [0, 0.1) is 35.0 Å². The van der Waals surface area contributed by atoms with Crippen molar-refractivity contribution in [2.24, 2.45) is 11.7 Å². The zero-order chi connectivity index (χ0) is 14.2. The highest BCUT2D eigenvalue weighted by Crippen LogP contribution is 2.26. The molecule has 0 radical (unpaired) electrons. The lowest BCUT2D eigenvalue weighted by molar-refractivity contribution is 0.293. The molecular weight excluding hydrogens is 267 g/mol. The highest BCUT2D eigenvalue weighted by Gasteiger charge is 2.29. The van der Waals surface area contributed by atoms with Gasteiger partial charge in [0, 0.05) is 18.7 Å². The van der Waals surface area contributed by atoms with Crippen LogP contribution in [-0.2, 0) is 6.54 Å². The molecule has 106 valence electrons. The summed E-state index contributed by atoms with van der Waals surface area (Å²) in [4.78, 5) is 1.63. The average Bonchev–Trinajstić information content (AvgIpc) is 2.87. The Morgan fingerprint density at radius 3 is 1.95 bits per heavy atom. The molecule has 0 amide bonds. The number of hydrogen-bond donors (Lipinski definition) is 1. The molecule has 1 atom stereocenters. The Kier molecular flexibility index (Phi) is 4.05. The maximum absolute atomic E-state index is 13.5. The van der Waals surface area contributed by atoms with Gasteiger partial charge in [-0.25, -0.2) is 22.0 Å². The molecule has 1 aliphatic heterocycles. The molecule has 1 saturated heterocycles. The second-order valence-electron chi connectivity index (χ2n) is 4.67. The lowest BCUT2D eigenvalue weighted by Crippen LogP contribution is -2.24. The maximum Gasteiger partial charge on any atom is 0.200 e. The van der Waals surface area contributed by atoms with Gasteiger partial charge in [0.1, 0.15) is 0 Å². The van der Waals surface area contributed by atoms with Crippen molar-refractivity contribution in [3.05, 3.63) is 34.6 Å². The lowest BCUT2D eigenvalue weighted by Gasteiger charge is -2.17. The second kappa shape index (κ2) is 5.42. The van der Waals surface area contributed by atoms with Crippen LogP contribution in [-0.4, -0.2) is 24.5 Å². The third-order valence-electron chi connectivity index (χ3n) is 3.39. The molecule has 7 heteroatoms. The summed E-state index contributed by atoms with van der Waals surface area (Å²) in [5, 5.41) is 0. The molecule has 1 aliphatic rings. The Morgan fingerprint density at radius 1 is 0.947 bits per heavy atom. The molecule has 0 spiro atoms. The molecule has 1 unspecified atom stereocenters. The van der Waals surface area contributed by atoms with Gasteiger partial charge in [-0.05, 0) is 25.4 Å². The van der Waals surface area contributed by atoms with Gasteiger partial charge in [0.2, 0.25) is 5.82 Å². The normalized spacial score (nSPS) is 20.2. The first kappa shape index (κ1) is 14.2. The van der Waals surface area contributed by atoms with E-state index in [1.54, 1.807) is 4.90 Å². The first-order chi connectivity index (χ1) is 8.95. The van der Waals surface area contributed by atoms with Crippen LogP contribution in [0.4, 0.5) is 22.0 Å². The van der Waals surface area contributed by atoms with Crippen LogP contribution < -0.4 is 5.73 Å². The average molecular weight is 280 g/mol. The highest BCUT2D eigenvalue weighted by molar-refractivity contribution is 5.24. The van der Waals surface area contributed by atoms with Crippen molar-refractivity contribution in [1.29, 1.82) is 0 Å². The summed E-state index contributed by atoms with van der Waals surface area (Å²) >= 11 is 0. The fourth-order valence-corrected chi connectivity index (χ4v) is 2.26. The van der Waals surface area contributed by atoms with E-state index in [-0.39, 0.29) is 12.5 Å². The Hall–Kier alpha value is -1.21. The maximum atomic E-state index is 13.5. The van der Waals surface area contributed by atoms with Gasteiger partial charge in [-0.1, -0.05) is 0 Å². The van der Waals surface area contributed by atoms with Gasteiger partial charge in [-0.3, -0.25) is 4.90 Å². The molecule has 0 aromatic heterocycles. The number of nitrogens with two attached hydrogens (primary N) is 1. The fourth-order valence-electron chi connectivity index (χ4n) is 2.26. The minimum Gasteiger partial charge on any atom is -0.330 e. The molecule has 2 rings (SSSR count). The zero-order valence-electron chi connectivity index (χ0n) is 10.0. The molecule has 2 nitrogen and oxygen atoms in total. The molecule has 1 aromatic rings. The van der Waals surface area contributed by atoms with Gasteiger partial charge in [-0.2, -0.15) is 0 Å². The third-order valence-corrected chi connectivity index (χ3v) is 3.39. The van der Waals surface area contributed by atoms with Crippen molar-refractivity contribution in [1.82, 2.24) is 4.90 Å². The van der Waals surface area contributed by atoms with E-state index in [1.165, 1.54) is 0 Å². The minimum absolute atomic E-state index is 0.196. The van der Waals surface area contributed by atoms with E-state index in [9.17, 15) is 22.0 Å².